The molecule has 54 heavy (non-hydrogen) atoms. The zero-order chi connectivity index (χ0) is 39.0. The monoisotopic (exact) mass is 758 g/mol. The van der Waals surface area contributed by atoms with Gasteiger partial charge in [-0.2, -0.15) is 5.26 Å². The maximum absolute atomic E-state index is 13.3. The zero-order valence-electron chi connectivity index (χ0n) is 32.2. The van der Waals surface area contributed by atoms with E-state index in [0.717, 1.165) is 16.7 Å². The van der Waals surface area contributed by atoms with Crippen molar-refractivity contribution < 1.29 is 28.0 Å². The van der Waals surface area contributed by atoms with Crippen molar-refractivity contribution in [2.45, 2.75) is 84.1 Å². The van der Waals surface area contributed by atoms with Crippen LogP contribution in [0, 0.1) is 24.2 Å². The van der Waals surface area contributed by atoms with Crippen LogP contribution >= 0.6 is 8.53 Å². The predicted octanol–water partition coefficient (Wildman–Crippen LogP) is 7.07. The van der Waals surface area contributed by atoms with Gasteiger partial charge in [0.2, 0.25) is 0 Å². The summed E-state index contributed by atoms with van der Waals surface area (Å²) >= 11 is 0. The van der Waals surface area contributed by atoms with Crippen LogP contribution < -0.4 is 20.7 Å². The van der Waals surface area contributed by atoms with Crippen molar-refractivity contribution in [2.75, 3.05) is 27.4 Å². The third-order valence-electron chi connectivity index (χ3n) is 9.58. The standard InChI is InChI=1S/C41H51N4O8P/c1-27(2)45(28(3)4)54(51-24-12-23-42)53-37-30(6)39(44-25-29(5)38(46)43-40(44)47)52-36(37)26-50-41(31-13-10-9-11-14-31,32-15-19-34(48-7)20-16-32)33-17-21-35(49-8)22-18-33/h9-11,13-22,25,27-28,30,36-37,39H,12,24,26H2,1-8H3,(H,43,46,47)/t30-,36-,37+,39-,54?/m1/s1. The number of H-pyrrole nitrogens is 1. The average Bonchev–Trinajstić information content (AvgIpc) is 3.47. The minimum absolute atomic E-state index is 0.0280. The number of nitrogens with zero attached hydrogens (tertiary/aromatic N) is 3. The molecule has 1 unspecified atom stereocenters. The summed E-state index contributed by atoms with van der Waals surface area (Å²) in [5.41, 5.74) is 0.756. The molecule has 0 bridgehead atoms. The smallest absolute Gasteiger partial charge is 0.330 e. The van der Waals surface area contributed by atoms with Gasteiger partial charge in [-0.05, 0) is 75.6 Å². The van der Waals surface area contributed by atoms with Gasteiger partial charge in [-0.1, -0.05) is 61.5 Å². The molecule has 4 aromatic rings. The third kappa shape index (κ3) is 8.79. The highest BCUT2D eigenvalue weighted by Gasteiger charge is 2.49. The molecule has 0 aliphatic carbocycles. The largest absolute Gasteiger partial charge is 0.497 e. The highest BCUT2D eigenvalue weighted by molar-refractivity contribution is 7.44. The second-order valence-corrected chi connectivity index (χ2v) is 15.2. The highest BCUT2D eigenvalue weighted by atomic mass is 31.2. The molecule has 0 amide bonds. The number of aromatic amines is 1. The molecule has 3 aromatic carbocycles. The highest BCUT2D eigenvalue weighted by Crippen LogP contribution is 2.52. The van der Waals surface area contributed by atoms with E-state index in [1.165, 1.54) is 10.8 Å². The van der Waals surface area contributed by atoms with Gasteiger partial charge in [0.15, 0.2) is 0 Å². The Morgan fingerprint density at radius 3 is 1.98 bits per heavy atom. The first-order valence-electron chi connectivity index (χ1n) is 18.2. The number of aryl methyl sites for hydroxylation is 1. The number of nitriles is 1. The van der Waals surface area contributed by atoms with E-state index >= 15 is 0 Å². The van der Waals surface area contributed by atoms with Crippen LogP contribution in [0.4, 0.5) is 0 Å². The number of nitrogens with one attached hydrogen (secondary N) is 1. The molecule has 1 N–H and O–H groups in total. The molecule has 13 heteroatoms. The van der Waals surface area contributed by atoms with E-state index in [2.05, 4.69) is 43.4 Å². The number of hydrogen-bond donors (Lipinski definition) is 1. The Kier molecular flexibility index (Phi) is 13.9. The summed E-state index contributed by atoms with van der Waals surface area (Å²) in [4.78, 5) is 28.1. The molecular weight excluding hydrogens is 707 g/mol. The second-order valence-electron chi connectivity index (χ2n) is 13.8. The van der Waals surface area contributed by atoms with Gasteiger partial charge in [0, 0.05) is 29.8 Å². The van der Waals surface area contributed by atoms with E-state index in [4.69, 9.17) is 28.0 Å². The minimum Gasteiger partial charge on any atom is -0.497 e. The lowest BCUT2D eigenvalue weighted by atomic mass is 9.80. The van der Waals surface area contributed by atoms with Crippen LogP contribution in [-0.4, -0.2) is 65.9 Å². The SMILES string of the molecule is COc1ccc(C(OC[C@H]2O[C@@H](n3cc(C)c(=O)[nH]c3=O)[C@H](C)[C@@H]2OP(OCCC#N)N(C(C)C)C(C)C)(c2ccccc2)c2ccc(OC)cc2)cc1. The van der Waals surface area contributed by atoms with Crippen LogP contribution in [0.15, 0.2) is 94.6 Å². The van der Waals surface area contributed by atoms with Crippen LogP contribution in [0.5, 0.6) is 11.5 Å². The van der Waals surface area contributed by atoms with Crippen LogP contribution in [-0.2, 0) is 24.1 Å². The molecular formula is C41H51N4O8P. The minimum atomic E-state index is -1.69. The Morgan fingerprint density at radius 1 is 0.907 bits per heavy atom. The van der Waals surface area contributed by atoms with E-state index in [9.17, 15) is 14.9 Å². The zero-order valence-corrected chi connectivity index (χ0v) is 33.1. The first kappa shape index (κ1) is 40.8. The molecule has 5 atom stereocenters. The predicted molar refractivity (Wildman–Crippen MR) is 207 cm³/mol. The van der Waals surface area contributed by atoms with Crippen molar-refractivity contribution in [3.05, 3.63) is 128 Å². The van der Waals surface area contributed by atoms with Gasteiger partial charge < -0.3 is 28.0 Å². The summed E-state index contributed by atoms with van der Waals surface area (Å²) in [6, 6.07) is 27.8. The lowest BCUT2D eigenvalue weighted by Gasteiger charge is -2.39. The topological polar surface area (TPSA) is 137 Å². The molecule has 1 saturated heterocycles. The van der Waals surface area contributed by atoms with E-state index in [0.29, 0.717) is 17.1 Å². The quantitative estimate of drug-likeness (QED) is 0.0677. The molecule has 1 aliphatic rings. The van der Waals surface area contributed by atoms with Gasteiger partial charge in [-0.3, -0.25) is 14.3 Å². The van der Waals surface area contributed by atoms with E-state index in [1.807, 2.05) is 85.8 Å². The summed E-state index contributed by atoms with van der Waals surface area (Å²) in [7, 11) is 1.56. The molecule has 0 saturated carbocycles. The number of ether oxygens (including phenoxy) is 4. The first-order valence-corrected chi connectivity index (χ1v) is 19.3. The normalized spacial score (nSPS) is 19.3. The molecule has 1 aromatic heterocycles. The van der Waals surface area contributed by atoms with Crippen LogP contribution in [0.2, 0.25) is 0 Å². The molecule has 2 heterocycles. The number of rotatable bonds is 17. The van der Waals surface area contributed by atoms with E-state index < -0.39 is 49.7 Å². The number of hydrogen-bond acceptors (Lipinski definition) is 10. The Morgan fingerprint density at radius 2 is 1.46 bits per heavy atom. The van der Waals surface area contributed by atoms with E-state index in [-0.39, 0.29) is 31.7 Å². The summed E-state index contributed by atoms with van der Waals surface area (Å²) in [6.45, 7) is 12.1. The fourth-order valence-electron chi connectivity index (χ4n) is 6.95. The Labute approximate surface area is 318 Å². The molecule has 0 radical (unpaired) electrons. The molecule has 12 nitrogen and oxygen atoms in total. The van der Waals surface area contributed by atoms with Crippen LogP contribution in [0.25, 0.3) is 0 Å². The molecule has 0 spiro atoms. The Balaban J connectivity index is 1.64. The van der Waals surface area contributed by atoms with Crippen molar-refractivity contribution in [3.63, 3.8) is 0 Å². The van der Waals surface area contributed by atoms with Gasteiger partial charge in [-0.15, -0.1) is 0 Å². The summed E-state index contributed by atoms with van der Waals surface area (Å²) < 4.78 is 42.0. The molecule has 1 fully saturated rings. The molecule has 288 valence electrons. The van der Waals surface area contributed by atoms with Crippen molar-refractivity contribution in [1.82, 2.24) is 14.2 Å². The fourth-order valence-corrected chi connectivity index (χ4v) is 8.79. The van der Waals surface area contributed by atoms with Gasteiger partial charge in [0.25, 0.3) is 14.1 Å². The summed E-state index contributed by atoms with van der Waals surface area (Å²) in [5.74, 6) is 0.998. The van der Waals surface area contributed by atoms with Crippen molar-refractivity contribution in [3.8, 4) is 17.6 Å². The molecule has 5 rings (SSSR count). The van der Waals surface area contributed by atoms with Gasteiger partial charge >= 0.3 is 5.69 Å². The third-order valence-corrected chi connectivity index (χ3v) is 11.7. The van der Waals surface area contributed by atoms with Crippen LogP contribution in [0.1, 0.15) is 69.5 Å². The van der Waals surface area contributed by atoms with Gasteiger partial charge in [-0.25, -0.2) is 9.46 Å². The summed E-state index contributed by atoms with van der Waals surface area (Å²) in [6.07, 6.45) is -0.431. The maximum Gasteiger partial charge on any atom is 0.330 e. The van der Waals surface area contributed by atoms with Crippen molar-refractivity contribution >= 4 is 8.53 Å². The number of aromatic nitrogens is 2. The van der Waals surface area contributed by atoms with Gasteiger partial charge in [0.05, 0.1) is 39.9 Å². The molecule has 1 aliphatic heterocycles. The van der Waals surface area contributed by atoms with Crippen molar-refractivity contribution in [1.29, 1.82) is 5.26 Å². The lowest BCUT2D eigenvalue weighted by Crippen LogP contribution is -2.40. The number of methoxy groups -OCH3 is 2. The Hall–Kier alpha value is -4.34. The van der Waals surface area contributed by atoms with Gasteiger partial charge in [0.1, 0.15) is 35.5 Å². The second kappa shape index (κ2) is 18.3. The average molecular weight is 759 g/mol. The first-order chi connectivity index (χ1) is 25.9. The van der Waals surface area contributed by atoms with E-state index in [1.54, 1.807) is 21.1 Å². The van der Waals surface area contributed by atoms with Crippen LogP contribution in [0.3, 0.4) is 0 Å². The Bertz CT molecular complexity index is 1910. The maximum atomic E-state index is 13.3. The van der Waals surface area contributed by atoms with Crippen molar-refractivity contribution in [2.24, 2.45) is 5.92 Å². The number of benzene rings is 3. The summed E-state index contributed by atoms with van der Waals surface area (Å²) in [5, 5.41) is 9.33. The lowest BCUT2D eigenvalue weighted by molar-refractivity contribution is -0.0931. The fraction of sp³-hybridized carbons (Fsp3) is 0.439.